The van der Waals surface area contributed by atoms with Crippen LogP contribution in [-0.2, 0) is 0 Å². The molecule has 1 aliphatic rings. The van der Waals surface area contributed by atoms with Crippen LogP contribution in [0.25, 0.3) is 93.0 Å². The Morgan fingerprint density at radius 3 is 1.85 bits per heavy atom. The summed E-state index contributed by atoms with van der Waals surface area (Å²) in [6, 6.07) is 77.0. The van der Waals surface area contributed by atoms with Crippen LogP contribution in [-0.4, -0.2) is 20.7 Å². The second-order valence-corrected chi connectivity index (χ2v) is 17.2. The Kier molecular flexibility index (Phi) is 8.53. The largest absolute Gasteiger partial charge is 0.309 e. The fourth-order valence-corrected chi connectivity index (χ4v) is 10.5. The van der Waals surface area contributed by atoms with E-state index < -0.39 is 0 Å². The summed E-state index contributed by atoms with van der Waals surface area (Å²) in [5, 5.41) is 12.2. The molecule has 2 aromatic heterocycles. The van der Waals surface area contributed by atoms with E-state index in [9.17, 15) is 0 Å². The maximum atomic E-state index is 5.52. The van der Waals surface area contributed by atoms with Crippen molar-refractivity contribution in [2.45, 2.75) is 19.8 Å². The molecule has 0 fully saturated rings. The van der Waals surface area contributed by atoms with E-state index in [-0.39, 0.29) is 0 Å². The average Bonchev–Trinajstić information content (AvgIpc) is 3.81. The van der Waals surface area contributed by atoms with E-state index in [1.165, 1.54) is 70.7 Å². The van der Waals surface area contributed by atoms with Crippen LogP contribution >= 0.6 is 0 Å². The summed E-state index contributed by atoms with van der Waals surface area (Å²) in [5.74, 6) is 0.732. The van der Waals surface area contributed by atoms with Crippen molar-refractivity contribution in [2.24, 2.45) is 9.98 Å². The highest BCUT2D eigenvalue weighted by Gasteiger charge is 2.24. The number of rotatable bonds is 6. The van der Waals surface area contributed by atoms with E-state index in [1.54, 1.807) is 0 Å². The first-order valence-electron chi connectivity index (χ1n) is 22.6. The van der Waals surface area contributed by atoms with Crippen LogP contribution in [0.2, 0.25) is 0 Å². The van der Waals surface area contributed by atoms with E-state index in [0.717, 1.165) is 68.9 Å². The molecular formula is C61H42N4. The van der Waals surface area contributed by atoms with E-state index in [0.29, 0.717) is 0 Å². The Hall–Kier alpha value is -8.34. The molecule has 0 unspecified atom stereocenters. The number of allylic oxidation sites excluding steroid dienone is 1. The van der Waals surface area contributed by atoms with Crippen molar-refractivity contribution < 1.29 is 0 Å². The quantitative estimate of drug-likeness (QED) is 0.160. The summed E-state index contributed by atoms with van der Waals surface area (Å²) >= 11 is 0. The summed E-state index contributed by atoms with van der Waals surface area (Å²) in [4.78, 5) is 11.0. The van der Waals surface area contributed by atoms with Crippen molar-refractivity contribution in [3.05, 3.63) is 235 Å². The van der Waals surface area contributed by atoms with Gasteiger partial charge in [0.15, 0.2) is 5.84 Å². The molecule has 0 saturated carbocycles. The molecule has 0 bridgehead atoms. The van der Waals surface area contributed by atoms with E-state index in [1.807, 2.05) is 0 Å². The molecule has 0 radical (unpaired) electrons. The van der Waals surface area contributed by atoms with Crippen LogP contribution in [0.4, 0.5) is 0 Å². The number of nitrogens with zero attached hydrogens (tertiary/aromatic N) is 4. The van der Waals surface area contributed by atoms with Gasteiger partial charge in [0.25, 0.3) is 0 Å². The summed E-state index contributed by atoms with van der Waals surface area (Å²) in [7, 11) is 0. The lowest BCUT2D eigenvalue weighted by molar-refractivity contribution is 1.05. The van der Waals surface area contributed by atoms with Gasteiger partial charge >= 0.3 is 0 Å². The summed E-state index contributed by atoms with van der Waals surface area (Å²) < 4.78 is 4.89. The highest BCUT2D eigenvalue weighted by molar-refractivity contribution is 6.33. The maximum Gasteiger partial charge on any atom is 0.160 e. The van der Waals surface area contributed by atoms with Gasteiger partial charge in [0, 0.05) is 50.5 Å². The monoisotopic (exact) mass is 830 g/mol. The molecule has 0 aliphatic carbocycles. The van der Waals surface area contributed by atoms with Gasteiger partial charge in [0.1, 0.15) is 0 Å². The van der Waals surface area contributed by atoms with Crippen LogP contribution in [0.1, 0.15) is 36.5 Å². The van der Waals surface area contributed by atoms with Crippen LogP contribution < -0.4 is 0 Å². The molecule has 13 rings (SSSR count). The third-order valence-electron chi connectivity index (χ3n) is 13.6. The summed E-state index contributed by atoms with van der Waals surface area (Å²) in [6.45, 7) is 2.24. The van der Waals surface area contributed by atoms with Gasteiger partial charge in [-0.2, -0.15) is 0 Å². The first-order chi connectivity index (χ1) is 32.2. The first-order valence-corrected chi connectivity index (χ1v) is 22.6. The molecule has 0 spiro atoms. The number of aliphatic imine (C=N–C) groups is 2. The fourth-order valence-electron chi connectivity index (χ4n) is 10.5. The molecule has 0 amide bonds. The van der Waals surface area contributed by atoms with Crippen molar-refractivity contribution >= 4 is 93.2 Å². The molecule has 3 heterocycles. The van der Waals surface area contributed by atoms with Gasteiger partial charge in [-0.15, -0.1) is 0 Å². The van der Waals surface area contributed by atoms with Crippen molar-refractivity contribution in [1.82, 2.24) is 9.13 Å². The van der Waals surface area contributed by atoms with E-state index in [2.05, 4.69) is 228 Å². The number of hydrogen-bond donors (Lipinski definition) is 0. The molecule has 4 heteroatoms. The highest BCUT2D eigenvalue weighted by Crippen LogP contribution is 2.45. The zero-order valence-corrected chi connectivity index (χ0v) is 35.9. The number of aromatic nitrogens is 2. The lowest BCUT2D eigenvalue weighted by Crippen LogP contribution is -2.07. The molecule has 0 atom stereocenters. The van der Waals surface area contributed by atoms with Gasteiger partial charge in [-0.25, -0.2) is 9.98 Å². The third-order valence-corrected chi connectivity index (χ3v) is 13.6. The number of benzene rings is 10. The predicted molar refractivity (Wildman–Crippen MR) is 275 cm³/mol. The van der Waals surface area contributed by atoms with Gasteiger partial charge in [-0.1, -0.05) is 165 Å². The molecule has 306 valence electrons. The normalized spacial score (nSPS) is 13.4. The number of amidine groups is 1. The minimum Gasteiger partial charge on any atom is -0.309 e. The van der Waals surface area contributed by atoms with E-state index >= 15 is 0 Å². The smallest absolute Gasteiger partial charge is 0.160 e. The molecular weight excluding hydrogens is 789 g/mol. The number of hydrogen-bond acceptors (Lipinski definition) is 2. The third kappa shape index (κ3) is 5.91. The number of para-hydroxylation sites is 2. The minimum absolute atomic E-state index is 0.724. The SMILES string of the molecule is CCC1=C(c2ccccc2)N=C(c2cccc3cc(-n4c5ccccc5c5c6c7c8ccccc8ccc7n(-c7ccccc7)c6ccc54)ccc23)N=C(c2ccc3ccccc3c2)C1. The number of fused-ring (bicyclic) bond motifs is 11. The molecule has 1 aliphatic heterocycles. The lowest BCUT2D eigenvalue weighted by Gasteiger charge is -2.13. The van der Waals surface area contributed by atoms with Gasteiger partial charge in [-0.05, 0) is 104 Å². The molecule has 12 aromatic rings. The van der Waals surface area contributed by atoms with Crippen molar-refractivity contribution in [3.63, 3.8) is 0 Å². The van der Waals surface area contributed by atoms with Crippen LogP contribution in [0.5, 0.6) is 0 Å². The van der Waals surface area contributed by atoms with Crippen LogP contribution in [0, 0.1) is 0 Å². The Morgan fingerprint density at radius 2 is 1.03 bits per heavy atom. The fraction of sp³-hybridized carbons (Fsp3) is 0.0492. The molecule has 0 saturated heterocycles. The van der Waals surface area contributed by atoms with Gasteiger partial charge < -0.3 is 9.13 Å². The predicted octanol–water partition coefficient (Wildman–Crippen LogP) is 15.8. The topological polar surface area (TPSA) is 34.6 Å². The molecule has 4 nitrogen and oxygen atoms in total. The second kappa shape index (κ2) is 14.9. The van der Waals surface area contributed by atoms with Crippen molar-refractivity contribution in [2.75, 3.05) is 0 Å². The Bertz CT molecular complexity index is 3990. The Labute approximate surface area is 376 Å². The zero-order valence-electron chi connectivity index (χ0n) is 35.9. The second-order valence-electron chi connectivity index (χ2n) is 17.2. The van der Waals surface area contributed by atoms with Gasteiger partial charge in [-0.3, -0.25) is 0 Å². The van der Waals surface area contributed by atoms with Crippen molar-refractivity contribution in [3.8, 4) is 11.4 Å². The highest BCUT2D eigenvalue weighted by atomic mass is 15.0. The first kappa shape index (κ1) is 37.2. The molecule has 0 N–H and O–H groups in total. The zero-order chi connectivity index (χ0) is 43.0. The lowest BCUT2D eigenvalue weighted by atomic mass is 9.95. The Morgan fingerprint density at radius 1 is 0.400 bits per heavy atom. The van der Waals surface area contributed by atoms with E-state index in [4.69, 9.17) is 9.98 Å². The standard InChI is InChI=1S/C61H42N4/c1-2-39-38-52(45-29-28-40-16-9-10-20-43(40)36-45)62-61(63-60(39)42-18-5-3-6-19-42)50-26-15-21-44-37-47(31-32-48(44)50)65-53-27-14-13-25-51(53)58-55(65)34-35-56-59(58)57-49-24-12-11-17-41(49)30-33-54(57)64(56)46-22-7-4-8-23-46/h3-37H,2,38H2,1H3. The average molecular weight is 831 g/mol. The van der Waals surface area contributed by atoms with Gasteiger partial charge in [0.2, 0.25) is 0 Å². The van der Waals surface area contributed by atoms with Gasteiger partial charge in [0.05, 0.1) is 33.5 Å². The minimum atomic E-state index is 0.724. The molecule has 65 heavy (non-hydrogen) atoms. The maximum absolute atomic E-state index is 5.52. The summed E-state index contributed by atoms with van der Waals surface area (Å²) in [6.07, 6.45) is 1.60. The van der Waals surface area contributed by atoms with Crippen LogP contribution in [0.3, 0.4) is 0 Å². The van der Waals surface area contributed by atoms with Crippen molar-refractivity contribution in [1.29, 1.82) is 0 Å². The molecule has 10 aromatic carbocycles. The van der Waals surface area contributed by atoms with Crippen LogP contribution in [0.15, 0.2) is 228 Å². The summed E-state index contributed by atoms with van der Waals surface area (Å²) in [5.41, 5.74) is 13.6. The Balaban J connectivity index is 1.03.